The molecular weight excluding hydrogens is 248 g/mol. The van der Waals surface area contributed by atoms with Crippen LogP contribution in [0.1, 0.15) is 29.3 Å². The molecule has 0 N–H and O–H groups in total. The predicted molar refractivity (Wildman–Crippen MR) is 74.5 cm³/mol. The molecule has 100 valence electrons. The molecule has 3 nitrogen and oxygen atoms in total. The Morgan fingerprint density at radius 1 is 1.33 bits per heavy atom. The van der Waals surface area contributed by atoms with Crippen molar-refractivity contribution in [3.8, 4) is 0 Å². The minimum atomic E-state index is -1.13. The molecule has 18 heavy (non-hydrogen) atoms. The molecule has 0 saturated heterocycles. The van der Waals surface area contributed by atoms with E-state index in [0.717, 1.165) is 5.56 Å². The number of carbonyl (C=O) groups excluding carboxylic acids is 1. The third-order valence-electron chi connectivity index (χ3n) is 2.79. The van der Waals surface area contributed by atoms with Crippen molar-refractivity contribution in [1.29, 1.82) is 0 Å². The number of Topliss-reactive ketones (excluding diaryl/α,β-unsaturated/α-hetero) is 1. The molecule has 0 saturated carbocycles. The fraction of sp³-hybridized carbons (Fsp3) is 0.500. The number of methoxy groups -OCH3 is 1. The second-order valence-electron chi connectivity index (χ2n) is 4.30. The van der Waals surface area contributed by atoms with Crippen molar-refractivity contribution in [3.63, 3.8) is 0 Å². The predicted octanol–water partition coefficient (Wildman–Crippen LogP) is 2.35. The summed E-state index contributed by atoms with van der Waals surface area (Å²) < 4.78 is 16.8. The van der Waals surface area contributed by atoms with Gasteiger partial charge in [-0.1, -0.05) is 29.8 Å². The summed E-state index contributed by atoms with van der Waals surface area (Å²) in [7, 11) is 0.483. The number of hydrogen-bond donors (Lipinski definition) is 0. The van der Waals surface area contributed by atoms with E-state index in [1.54, 1.807) is 26.2 Å². The molecule has 0 spiro atoms. The average molecular weight is 268 g/mol. The van der Waals surface area contributed by atoms with Crippen molar-refractivity contribution in [3.05, 3.63) is 35.4 Å². The molecular formula is C14H20O3S. The van der Waals surface area contributed by atoms with E-state index < -0.39 is 16.0 Å². The van der Waals surface area contributed by atoms with Gasteiger partial charge in [-0.3, -0.25) is 9.00 Å². The first-order valence-electron chi connectivity index (χ1n) is 6.03. The molecule has 1 aromatic carbocycles. The number of hydrogen-bond acceptors (Lipinski definition) is 3. The van der Waals surface area contributed by atoms with Crippen molar-refractivity contribution in [2.24, 2.45) is 0 Å². The summed E-state index contributed by atoms with van der Waals surface area (Å²) in [4.78, 5) is 12.1. The zero-order valence-electron chi connectivity index (χ0n) is 11.1. The van der Waals surface area contributed by atoms with Crippen LogP contribution < -0.4 is 0 Å². The summed E-state index contributed by atoms with van der Waals surface area (Å²) in [6.45, 7) is 4.28. The summed E-state index contributed by atoms with van der Waals surface area (Å²) in [6, 6.07) is 7.38. The maximum atomic E-state index is 12.1. The highest BCUT2D eigenvalue weighted by molar-refractivity contribution is 7.86. The second-order valence-corrected chi connectivity index (χ2v) is 6.18. The number of ketones is 1. The van der Waals surface area contributed by atoms with Crippen molar-refractivity contribution in [2.45, 2.75) is 25.5 Å². The van der Waals surface area contributed by atoms with Crippen LogP contribution in [0.4, 0.5) is 0 Å². The van der Waals surface area contributed by atoms with E-state index in [-0.39, 0.29) is 5.78 Å². The van der Waals surface area contributed by atoms with E-state index in [1.807, 2.05) is 19.1 Å². The minimum absolute atomic E-state index is 0.0502. The number of ether oxygens (including phenoxy) is 1. The molecule has 0 bridgehead atoms. The normalized spacial score (nSPS) is 14.2. The van der Waals surface area contributed by atoms with Gasteiger partial charge in [-0.15, -0.1) is 0 Å². The monoisotopic (exact) mass is 268 g/mol. The quantitative estimate of drug-likeness (QED) is 0.563. The van der Waals surface area contributed by atoms with Gasteiger partial charge >= 0.3 is 0 Å². The Balaban J connectivity index is 2.60. The molecule has 0 aliphatic carbocycles. The molecule has 0 radical (unpaired) electrons. The molecule has 0 aliphatic rings. The van der Waals surface area contributed by atoms with Gasteiger partial charge in [0.25, 0.3) is 0 Å². The molecule has 2 atom stereocenters. The van der Waals surface area contributed by atoms with Crippen molar-refractivity contribution >= 4 is 16.6 Å². The summed E-state index contributed by atoms with van der Waals surface area (Å²) in [5.74, 6) is 0.456. The first-order valence-corrected chi connectivity index (χ1v) is 7.41. The third kappa shape index (κ3) is 4.35. The molecule has 4 heteroatoms. The van der Waals surface area contributed by atoms with Gasteiger partial charge in [-0.05, 0) is 20.3 Å². The van der Waals surface area contributed by atoms with Crippen LogP contribution >= 0.6 is 0 Å². The highest BCUT2D eigenvalue weighted by atomic mass is 32.2. The maximum Gasteiger partial charge on any atom is 0.178 e. The smallest absolute Gasteiger partial charge is 0.178 e. The SMILES string of the molecule is COCCCS(=O)C(C)C(=O)c1ccc(C)cc1. The standard InChI is InChI=1S/C14H20O3S/c1-11-5-7-13(8-6-11)14(15)12(2)18(16)10-4-9-17-3/h5-8,12H,4,9-10H2,1-3H3. The lowest BCUT2D eigenvalue weighted by Gasteiger charge is -2.10. The van der Waals surface area contributed by atoms with Crippen LogP contribution in [0.2, 0.25) is 0 Å². The third-order valence-corrected chi connectivity index (χ3v) is 4.49. The van der Waals surface area contributed by atoms with Gasteiger partial charge in [-0.25, -0.2) is 0 Å². The van der Waals surface area contributed by atoms with Gasteiger partial charge in [0.15, 0.2) is 5.78 Å². The van der Waals surface area contributed by atoms with Crippen LogP contribution in [-0.2, 0) is 15.5 Å². The van der Waals surface area contributed by atoms with E-state index in [0.29, 0.717) is 24.3 Å². The molecule has 0 heterocycles. The molecule has 0 amide bonds. The lowest BCUT2D eigenvalue weighted by Crippen LogP contribution is -2.25. The lowest BCUT2D eigenvalue weighted by atomic mass is 10.1. The highest BCUT2D eigenvalue weighted by Gasteiger charge is 2.20. The average Bonchev–Trinajstić information content (AvgIpc) is 2.38. The van der Waals surface area contributed by atoms with Gasteiger partial charge in [0, 0.05) is 35.8 Å². The van der Waals surface area contributed by atoms with E-state index in [2.05, 4.69) is 0 Å². The van der Waals surface area contributed by atoms with Crippen LogP contribution in [0.25, 0.3) is 0 Å². The van der Waals surface area contributed by atoms with Crippen LogP contribution in [0.15, 0.2) is 24.3 Å². The molecule has 0 aliphatic heterocycles. The van der Waals surface area contributed by atoms with Gasteiger partial charge in [-0.2, -0.15) is 0 Å². The Morgan fingerprint density at radius 3 is 2.50 bits per heavy atom. The van der Waals surface area contributed by atoms with Crippen molar-refractivity contribution < 1.29 is 13.7 Å². The zero-order valence-corrected chi connectivity index (χ0v) is 12.0. The highest BCUT2D eigenvalue weighted by Crippen LogP contribution is 2.10. The van der Waals surface area contributed by atoms with Crippen LogP contribution in [0.3, 0.4) is 0 Å². The Morgan fingerprint density at radius 2 is 1.94 bits per heavy atom. The van der Waals surface area contributed by atoms with Gasteiger partial charge in [0.1, 0.15) is 0 Å². The lowest BCUT2D eigenvalue weighted by molar-refractivity contribution is 0.0992. The van der Waals surface area contributed by atoms with Gasteiger partial charge < -0.3 is 4.74 Å². The van der Waals surface area contributed by atoms with Gasteiger partial charge in [0.2, 0.25) is 0 Å². The number of benzene rings is 1. The van der Waals surface area contributed by atoms with Crippen LogP contribution in [-0.4, -0.2) is 34.7 Å². The van der Waals surface area contributed by atoms with Gasteiger partial charge in [0.05, 0.1) is 5.25 Å². The second kappa shape index (κ2) is 7.44. The van der Waals surface area contributed by atoms with Crippen molar-refractivity contribution in [1.82, 2.24) is 0 Å². The summed E-state index contributed by atoms with van der Waals surface area (Å²) in [5.41, 5.74) is 1.74. The van der Waals surface area contributed by atoms with E-state index in [9.17, 15) is 9.00 Å². The molecule has 1 aromatic rings. The number of aryl methyl sites for hydroxylation is 1. The summed E-state index contributed by atoms with van der Waals surface area (Å²) >= 11 is 0. The Kier molecular flexibility index (Phi) is 6.22. The van der Waals surface area contributed by atoms with Crippen LogP contribution in [0, 0.1) is 6.92 Å². The summed E-state index contributed by atoms with van der Waals surface area (Å²) in [6.07, 6.45) is 0.717. The van der Waals surface area contributed by atoms with E-state index in [1.165, 1.54) is 0 Å². The first kappa shape index (κ1) is 15.1. The largest absolute Gasteiger partial charge is 0.385 e. The fourth-order valence-electron chi connectivity index (χ4n) is 1.59. The fourth-order valence-corrected chi connectivity index (χ4v) is 2.72. The Hall–Kier alpha value is -1.00. The molecule has 2 unspecified atom stereocenters. The first-order chi connectivity index (χ1) is 8.56. The van der Waals surface area contributed by atoms with E-state index >= 15 is 0 Å². The Bertz CT molecular complexity index is 412. The number of carbonyl (C=O) groups is 1. The zero-order chi connectivity index (χ0) is 13.5. The minimum Gasteiger partial charge on any atom is -0.385 e. The topological polar surface area (TPSA) is 43.4 Å². The molecule has 0 aromatic heterocycles. The molecule has 1 rings (SSSR count). The Labute approximate surface area is 111 Å². The van der Waals surface area contributed by atoms with Crippen molar-refractivity contribution in [2.75, 3.05) is 19.5 Å². The molecule has 0 fully saturated rings. The van der Waals surface area contributed by atoms with E-state index in [4.69, 9.17) is 4.74 Å². The maximum absolute atomic E-state index is 12.1. The van der Waals surface area contributed by atoms with Crippen LogP contribution in [0.5, 0.6) is 0 Å². The summed E-state index contributed by atoms with van der Waals surface area (Å²) in [5, 5.41) is -0.454. The number of rotatable bonds is 7.